The molecule has 0 aromatic heterocycles. The van der Waals surface area contributed by atoms with Crippen molar-refractivity contribution in [3.63, 3.8) is 0 Å². The highest BCUT2D eigenvalue weighted by Crippen LogP contribution is 2.57. The predicted molar refractivity (Wildman–Crippen MR) is 168 cm³/mol. The molecule has 2 heteroatoms. The molecule has 0 amide bonds. The van der Waals surface area contributed by atoms with Crippen LogP contribution in [0.3, 0.4) is 0 Å². The maximum absolute atomic E-state index is 2.61. The molecule has 5 rings (SSSR count). The lowest BCUT2D eigenvalue weighted by Crippen LogP contribution is -2.35. The molecular formula is C35H40P2. The molecular weight excluding hydrogens is 482 g/mol. The van der Waals surface area contributed by atoms with Gasteiger partial charge in [0.25, 0.3) is 0 Å². The van der Waals surface area contributed by atoms with E-state index in [0.717, 1.165) is 5.92 Å². The Kier molecular flexibility index (Phi) is 8.29. The fourth-order valence-electron chi connectivity index (χ4n) is 6.64. The SMILES string of the molecule is Cc1cccc(C)c1P(c1c(C)cccc1C)[C@@H](C)C1CCCC1P(c1ccccc1)c1ccccc1. The molecule has 4 aromatic rings. The second-order valence-electron chi connectivity index (χ2n) is 10.8. The highest BCUT2D eigenvalue weighted by molar-refractivity contribution is 7.75. The van der Waals surface area contributed by atoms with Crippen molar-refractivity contribution in [3.8, 4) is 0 Å². The Balaban J connectivity index is 1.63. The summed E-state index contributed by atoms with van der Waals surface area (Å²) in [6.45, 7) is 12.0. The third-order valence-electron chi connectivity index (χ3n) is 8.32. The summed E-state index contributed by atoms with van der Waals surface area (Å²) in [5, 5.41) is 6.32. The van der Waals surface area contributed by atoms with Crippen molar-refractivity contribution in [2.24, 2.45) is 5.92 Å². The van der Waals surface area contributed by atoms with Gasteiger partial charge in [0.2, 0.25) is 0 Å². The van der Waals surface area contributed by atoms with E-state index in [1.54, 1.807) is 10.6 Å². The minimum Gasteiger partial charge on any atom is -0.0622 e. The second-order valence-corrected chi connectivity index (χ2v) is 15.7. The van der Waals surface area contributed by atoms with Crippen LogP contribution in [-0.4, -0.2) is 11.3 Å². The summed E-state index contributed by atoms with van der Waals surface area (Å²) in [6.07, 6.45) is 4.03. The van der Waals surface area contributed by atoms with Gasteiger partial charge < -0.3 is 0 Å². The molecule has 0 heterocycles. The van der Waals surface area contributed by atoms with Crippen molar-refractivity contribution in [2.45, 2.75) is 65.2 Å². The van der Waals surface area contributed by atoms with E-state index in [0.29, 0.717) is 11.3 Å². The maximum Gasteiger partial charge on any atom is -0.00943 e. The van der Waals surface area contributed by atoms with Gasteiger partial charge in [-0.1, -0.05) is 110 Å². The van der Waals surface area contributed by atoms with Gasteiger partial charge in [0, 0.05) is 0 Å². The Morgan fingerprint density at radius 1 is 0.568 bits per heavy atom. The average Bonchev–Trinajstić information content (AvgIpc) is 3.38. The van der Waals surface area contributed by atoms with E-state index in [1.165, 1.54) is 52.1 Å². The Bertz CT molecular complexity index is 1200. The monoisotopic (exact) mass is 522 g/mol. The molecule has 1 fully saturated rings. The van der Waals surface area contributed by atoms with E-state index in [4.69, 9.17) is 0 Å². The van der Waals surface area contributed by atoms with Crippen LogP contribution in [0, 0.1) is 33.6 Å². The Labute approximate surface area is 227 Å². The molecule has 0 spiro atoms. The molecule has 3 atom stereocenters. The van der Waals surface area contributed by atoms with Crippen LogP contribution in [-0.2, 0) is 0 Å². The first-order valence-electron chi connectivity index (χ1n) is 13.8. The number of hydrogen-bond acceptors (Lipinski definition) is 0. The zero-order valence-electron chi connectivity index (χ0n) is 23.0. The summed E-state index contributed by atoms with van der Waals surface area (Å²) >= 11 is 0. The first kappa shape index (κ1) is 26.4. The summed E-state index contributed by atoms with van der Waals surface area (Å²) in [4.78, 5) is 0. The van der Waals surface area contributed by atoms with Crippen LogP contribution >= 0.6 is 15.8 Å². The van der Waals surface area contributed by atoms with Gasteiger partial charge in [-0.2, -0.15) is 0 Å². The molecule has 0 saturated heterocycles. The summed E-state index contributed by atoms with van der Waals surface area (Å²) in [7, 11) is -0.892. The van der Waals surface area contributed by atoms with Gasteiger partial charge in [-0.3, -0.25) is 0 Å². The van der Waals surface area contributed by atoms with E-state index in [2.05, 4.69) is 132 Å². The van der Waals surface area contributed by atoms with Crippen molar-refractivity contribution in [3.05, 3.63) is 119 Å². The van der Waals surface area contributed by atoms with E-state index in [-0.39, 0.29) is 0 Å². The highest BCUT2D eigenvalue weighted by atomic mass is 31.1. The fourth-order valence-corrected chi connectivity index (χ4v) is 13.7. The third-order valence-corrected chi connectivity index (χ3v) is 14.9. The van der Waals surface area contributed by atoms with Gasteiger partial charge in [-0.05, 0) is 117 Å². The normalized spacial score (nSPS) is 18.5. The summed E-state index contributed by atoms with van der Waals surface area (Å²) < 4.78 is 0. The molecule has 1 aliphatic carbocycles. The van der Waals surface area contributed by atoms with Crippen LogP contribution in [0.5, 0.6) is 0 Å². The molecule has 0 aliphatic heterocycles. The van der Waals surface area contributed by atoms with Crippen LogP contribution in [0.4, 0.5) is 0 Å². The highest BCUT2D eigenvalue weighted by Gasteiger charge is 2.42. The second kappa shape index (κ2) is 11.6. The smallest absolute Gasteiger partial charge is 0.00943 e. The topological polar surface area (TPSA) is 0 Å². The van der Waals surface area contributed by atoms with Gasteiger partial charge in [0.15, 0.2) is 0 Å². The fraction of sp³-hybridized carbons (Fsp3) is 0.314. The van der Waals surface area contributed by atoms with Crippen LogP contribution in [0.2, 0.25) is 0 Å². The van der Waals surface area contributed by atoms with Crippen molar-refractivity contribution in [2.75, 3.05) is 0 Å². The molecule has 2 unspecified atom stereocenters. The molecule has 37 heavy (non-hydrogen) atoms. The molecule has 1 aliphatic rings. The Hall–Kier alpha value is -2.26. The lowest BCUT2D eigenvalue weighted by Gasteiger charge is -2.39. The van der Waals surface area contributed by atoms with Gasteiger partial charge in [0.05, 0.1) is 0 Å². The molecule has 0 radical (unpaired) electrons. The van der Waals surface area contributed by atoms with Crippen LogP contribution in [0.25, 0.3) is 0 Å². The van der Waals surface area contributed by atoms with Gasteiger partial charge in [-0.15, -0.1) is 0 Å². The zero-order valence-corrected chi connectivity index (χ0v) is 24.8. The minimum absolute atomic E-state index is 0.407. The van der Waals surface area contributed by atoms with E-state index in [1.807, 2.05) is 0 Å². The van der Waals surface area contributed by atoms with Gasteiger partial charge in [-0.25, -0.2) is 0 Å². The number of rotatable bonds is 7. The molecule has 0 bridgehead atoms. The number of benzene rings is 4. The lowest BCUT2D eigenvalue weighted by molar-refractivity contribution is 0.548. The summed E-state index contributed by atoms with van der Waals surface area (Å²) in [6, 6.07) is 36.7. The first-order chi connectivity index (χ1) is 18.0. The van der Waals surface area contributed by atoms with Crippen molar-refractivity contribution in [1.82, 2.24) is 0 Å². The molecule has 0 nitrogen and oxygen atoms in total. The molecule has 0 N–H and O–H groups in total. The number of hydrogen-bond donors (Lipinski definition) is 0. The Morgan fingerprint density at radius 2 is 1.00 bits per heavy atom. The standard InChI is InChI=1S/C35H40P2/c1-25-15-12-16-26(2)34(25)36(35-27(3)17-13-18-28(35)4)29(5)32-23-14-24-33(32)37(30-19-8-6-9-20-30)31-21-10-7-11-22-31/h6-13,15-22,29,32-33H,14,23-24H2,1-5H3/t29-,32?,33?/m0/s1. The number of aryl methyl sites for hydroxylation is 4. The summed E-state index contributed by atoms with van der Waals surface area (Å²) in [5.74, 6) is 0.718. The maximum atomic E-state index is 2.61. The first-order valence-corrected chi connectivity index (χ1v) is 16.6. The minimum atomic E-state index is -0.485. The molecule has 1 saturated carbocycles. The van der Waals surface area contributed by atoms with E-state index >= 15 is 0 Å². The third kappa shape index (κ3) is 5.35. The van der Waals surface area contributed by atoms with E-state index < -0.39 is 15.8 Å². The lowest BCUT2D eigenvalue weighted by atomic mass is 10.0. The predicted octanol–water partition coefficient (Wildman–Crippen LogP) is 8.04. The quantitative estimate of drug-likeness (QED) is 0.216. The van der Waals surface area contributed by atoms with Crippen LogP contribution in [0.15, 0.2) is 97.1 Å². The van der Waals surface area contributed by atoms with E-state index in [9.17, 15) is 0 Å². The largest absolute Gasteiger partial charge is 0.0622 e. The van der Waals surface area contributed by atoms with Crippen molar-refractivity contribution in [1.29, 1.82) is 0 Å². The summed E-state index contributed by atoms with van der Waals surface area (Å²) in [5.41, 5.74) is 7.19. The Morgan fingerprint density at radius 3 is 1.43 bits per heavy atom. The van der Waals surface area contributed by atoms with Gasteiger partial charge >= 0.3 is 0 Å². The van der Waals surface area contributed by atoms with Crippen molar-refractivity contribution >= 4 is 37.1 Å². The van der Waals surface area contributed by atoms with Crippen LogP contribution < -0.4 is 21.2 Å². The average molecular weight is 523 g/mol. The van der Waals surface area contributed by atoms with Crippen LogP contribution in [0.1, 0.15) is 48.4 Å². The molecule has 4 aromatic carbocycles. The van der Waals surface area contributed by atoms with Gasteiger partial charge in [0.1, 0.15) is 0 Å². The van der Waals surface area contributed by atoms with Crippen molar-refractivity contribution < 1.29 is 0 Å². The zero-order chi connectivity index (χ0) is 25.9. The molecule has 190 valence electrons.